The smallest absolute Gasteiger partial charge is 0.333 e. The van der Waals surface area contributed by atoms with Crippen LogP contribution >= 0.6 is 0 Å². The first-order valence-corrected chi connectivity index (χ1v) is 11.9. The second kappa shape index (κ2) is 12.0. The molecule has 0 saturated carbocycles. The van der Waals surface area contributed by atoms with Crippen LogP contribution in [-0.2, 0) is 27.3 Å². The maximum Gasteiger partial charge on any atom is 0.333 e. The molecule has 1 atom stereocenters. The minimum absolute atomic E-state index is 0.321. The van der Waals surface area contributed by atoms with Crippen molar-refractivity contribution in [2.45, 2.75) is 26.0 Å². The van der Waals surface area contributed by atoms with Crippen LogP contribution in [0.25, 0.3) is 10.9 Å². The SMILES string of the molecule is CCO[C@@H](Cc1ccc(OCCn2ccc3cc(/C(=N\OC)c4ccccc4)ccc32)cc1)C(=O)O. The molecule has 0 spiro atoms. The molecule has 1 heterocycles. The number of hydrogen-bond donors (Lipinski definition) is 1. The Morgan fingerprint density at radius 1 is 1.00 bits per heavy atom. The van der Waals surface area contributed by atoms with Gasteiger partial charge in [0, 0.05) is 41.3 Å². The van der Waals surface area contributed by atoms with E-state index in [1.54, 1.807) is 14.0 Å². The zero-order chi connectivity index (χ0) is 25.3. The Labute approximate surface area is 210 Å². The molecular formula is C29H30N2O5. The van der Waals surface area contributed by atoms with Gasteiger partial charge in [0.15, 0.2) is 6.10 Å². The molecule has 0 aliphatic rings. The molecule has 36 heavy (non-hydrogen) atoms. The number of rotatable bonds is 12. The highest BCUT2D eigenvalue weighted by Gasteiger charge is 2.17. The number of oxime groups is 1. The minimum atomic E-state index is -0.953. The summed E-state index contributed by atoms with van der Waals surface area (Å²) in [6, 6.07) is 25.8. The molecular weight excluding hydrogens is 456 g/mol. The van der Waals surface area contributed by atoms with E-state index >= 15 is 0 Å². The molecule has 1 N–H and O–H groups in total. The number of fused-ring (bicyclic) bond motifs is 1. The Bertz CT molecular complexity index is 1310. The molecule has 0 amide bonds. The Kier molecular flexibility index (Phi) is 8.36. The van der Waals surface area contributed by atoms with E-state index in [-0.39, 0.29) is 0 Å². The molecule has 0 aliphatic carbocycles. The normalized spacial score (nSPS) is 12.4. The average Bonchev–Trinajstić information content (AvgIpc) is 3.30. The van der Waals surface area contributed by atoms with Gasteiger partial charge in [-0.05, 0) is 42.8 Å². The summed E-state index contributed by atoms with van der Waals surface area (Å²) in [5.74, 6) is -0.213. The molecule has 0 unspecified atom stereocenters. The number of hydrogen-bond acceptors (Lipinski definition) is 5. The lowest BCUT2D eigenvalue weighted by Gasteiger charge is -2.13. The summed E-state index contributed by atoms with van der Waals surface area (Å²) in [7, 11) is 1.55. The van der Waals surface area contributed by atoms with E-state index in [1.807, 2.05) is 54.6 Å². The zero-order valence-electron chi connectivity index (χ0n) is 20.5. The van der Waals surface area contributed by atoms with Gasteiger partial charge in [0.25, 0.3) is 0 Å². The number of aromatic nitrogens is 1. The predicted octanol–water partition coefficient (Wildman–Crippen LogP) is 5.15. The number of carboxylic acids is 1. The summed E-state index contributed by atoms with van der Waals surface area (Å²) < 4.78 is 13.4. The van der Waals surface area contributed by atoms with Gasteiger partial charge in [-0.1, -0.05) is 53.7 Å². The van der Waals surface area contributed by atoms with Crippen LogP contribution in [0.1, 0.15) is 23.6 Å². The van der Waals surface area contributed by atoms with Gasteiger partial charge < -0.3 is 24.0 Å². The van der Waals surface area contributed by atoms with Crippen LogP contribution in [0, 0.1) is 0 Å². The highest BCUT2D eigenvalue weighted by molar-refractivity contribution is 6.13. The van der Waals surface area contributed by atoms with Crippen molar-refractivity contribution in [3.05, 3.63) is 102 Å². The molecule has 0 aliphatic heterocycles. The van der Waals surface area contributed by atoms with Gasteiger partial charge in [0.05, 0.1) is 6.54 Å². The van der Waals surface area contributed by atoms with Crippen molar-refractivity contribution in [1.29, 1.82) is 0 Å². The molecule has 0 radical (unpaired) electrons. The first-order chi connectivity index (χ1) is 17.6. The number of benzene rings is 3. The summed E-state index contributed by atoms with van der Waals surface area (Å²) in [6.07, 6.45) is 1.53. The number of aliphatic carboxylic acids is 1. The Morgan fingerprint density at radius 3 is 2.47 bits per heavy atom. The third-order valence-electron chi connectivity index (χ3n) is 5.86. The summed E-state index contributed by atoms with van der Waals surface area (Å²) in [6.45, 7) is 3.34. The Balaban J connectivity index is 1.39. The molecule has 0 bridgehead atoms. The van der Waals surface area contributed by atoms with Gasteiger partial charge >= 0.3 is 5.97 Å². The highest BCUT2D eigenvalue weighted by Crippen LogP contribution is 2.21. The third-order valence-corrected chi connectivity index (χ3v) is 5.86. The fourth-order valence-electron chi connectivity index (χ4n) is 4.12. The summed E-state index contributed by atoms with van der Waals surface area (Å²) in [4.78, 5) is 16.4. The zero-order valence-corrected chi connectivity index (χ0v) is 20.5. The van der Waals surface area contributed by atoms with Crippen LogP contribution in [0.4, 0.5) is 0 Å². The topological polar surface area (TPSA) is 82.3 Å². The summed E-state index contributed by atoms with van der Waals surface area (Å²) in [5.41, 5.74) is 4.77. The van der Waals surface area contributed by atoms with E-state index in [2.05, 4.69) is 40.2 Å². The summed E-state index contributed by atoms with van der Waals surface area (Å²) >= 11 is 0. The molecule has 7 nitrogen and oxygen atoms in total. The molecule has 7 heteroatoms. The lowest BCUT2D eigenvalue weighted by Crippen LogP contribution is -2.26. The van der Waals surface area contributed by atoms with Crippen LogP contribution in [0.2, 0.25) is 0 Å². The molecule has 4 rings (SSSR count). The Morgan fingerprint density at radius 2 is 1.78 bits per heavy atom. The van der Waals surface area contributed by atoms with Crippen molar-refractivity contribution >= 4 is 22.6 Å². The number of ether oxygens (including phenoxy) is 2. The number of carboxylic acid groups (broad SMARTS) is 1. The van der Waals surface area contributed by atoms with E-state index < -0.39 is 12.1 Å². The third kappa shape index (κ3) is 6.12. The quantitative estimate of drug-likeness (QED) is 0.221. The fourth-order valence-corrected chi connectivity index (χ4v) is 4.12. The second-order valence-corrected chi connectivity index (χ2v) is 8.25. The van der Waals surface area contributed by atoms with Crippen molar-refractivity contribution in [1.82, 2.24) is 4.57 Å². The van der Waals surface area contributed by atoms with E-state index in [1.165, 1.54) is 0 Å². The van der Waals surface area contributed by atoms with E-state index in [4.69, 9.17) is 14.3 Å². The maximum atomic E-state index is 11.3. The fraction of sp³-hybridized carbons (Fsp3) is 0.241. The van der Waals surface area contributed by atoms with Crippen LogP contribution in [0.15, 0.2) is 90.2 Å². The molecule has 1 aromatic heterocycles. The van der Waals surface area contributed by atoms with Gasteiger partial charge in [0.2, 0.25) is 0 Å². The van der Waals surface area contributed by atoms with Gasteiger partial charge in [-0.2, -0.15) is 0 Å². The van der Waals surface area contributed by atoms with Gasteiger partial charge in [-0.3, -0.25) is 0 Å². The standard InChI is InChI=1S/C29H30N2O5/c1-3-35-27(29(32)33)19-21-9-12-25(13-10-21)36-18-17-31-16-15-23-20-24(11-14-26(23)31)28(30-34-2)22-7-5-4-6-8-22/h4-16,20,27H,3,17-19H2,1-2H3,(H,32,33)/b30-28-/t27-/m0/s1. The highest BCUT2D eigenvalue weighted by atomic mass is 16.6. The van der Waals surface area contributed by atoms with Crippen LogP contribution in [-0.4, -0.2) is 47.8 Å². The molecule has 186 valence electrons. The first kappa shape index (κ1) is 25.0. The van der Waals surface area contributed by atoms with Crippen LogP contribution in [0.3, 0.4) is 0 Å². The average molecular weight is 487 g/mol. The largest absolute Gasteiger partial charge is 0.492 e. The number of carbonyl (C=O) groups is 1. The van der Waals surface area contributed by atoms with Crippen molar-refractivity contribution in [3.8, 4) is 5.75 Å². The Hall–Kier alpha value is -4.10. The monoisotopic (exact) mass is 486 g/mol. The van der Waals surface area contributed by atoms with Crippen LogP contribution in [0.5, 0.6) is 5.75 Å². The van der Waals surface area contributed by atoms with Crippen molar-refractivity contribution in [2.75, 3.05) is 20.3 Å². The predicted molar refractivity (Wildman–Crippen MR) is 140 cm³/mol. The van der Waals surface area contributed by atoms with Crippen molar-refractivity contribution in [3.63, 3.8) is 0 Å². The molecule has 0 fully saturated rings. The van der Waals surface area contributed by atoms with E-state index in [9.17, 15) is 9.90 Å². The maximum absolute atomic E-state index is 11.3. The minimum Gasteiger partial charge on any atom is -0.492 e. The first-order valence-electron chi connectivity index (χ1n) is 11.9. The van der Waals surface area contributed by atoms with Crippen molar-refractivity contribution < 1.29 is 24.2 Å². The van der Waals surface area contributed by atoms with Gasteiger partial charge in [-0.25, -0.2) is 4.79 Å². The van der Waals surface area contributed by atoms with Crippen molar-refractivity contribution in [2.24, 2.45) is 5.16 Å². The van der Waals surface area contributed by atoms with Crippen LogP contribution < -0.4 is 4.74 Å². The molecule has 3 aromatic carbocycles. The van der Waals surface area contributed by atoms with E-state index in [0.717, 1.165) is 39.1 Å². The second-order valence-electron chi connectivity index (χ2n) is 8.25. The van der Waals surface area contributed by atoms with Gasteiger partial charge in [-0.15, -0.1) is 0 Å². The molecule has 0 saturated heterocycles. The molecule has 4 aromatic rings. The number of nitrogens with zero attached hydrogens (tertiary/aromatic N) is 2. The lowest BCUT2D eigenvalue weighted by molar-refractivity contribution is -0.149. The lowest BCUT2D eigenvalue weighted by atomic mass is 10.0. The summed E-state index contributed by atoms with van der Waals surface area (Å²) in [5, 5.41) is 14.6. The van der Waals surface area contributed by atoms with E-state index in [0.29, 0.717) is 26.2 Å². The van der Waals surface area contributed by atoms with Gasteiger partial charge in [0.1, 0.15) is 25.2 Å².